The molecule has 0 spiro atoms. The van der Waals surface area contributed by atoms with Gasteiger partial charge in [0.1, 0.15) is 5.82 Å². The molecule has 0 aliphatic carbocycles. The summed E-state index contributed by atoms with van der Waals surface area (Å²) in [7, 11) is 0. The van der Waals surface area contributed by atoms with Crippen LogP contribution in [0, 0.1) is 5.82 Å². The zero-order valence-corrected chi connectivity index (χ0v) is 15.8. The molecular formula is C23H17FN2OS. The first-order chi connectivity index (χ1) is 13.7. The number of carbonyl (C=O) groups is 1. The van der Waals surface area contributed by atoms with Gasteiger partial charge in [-0.25, -0.2) is 9.37 Å². The van der Waals surface area contributed by atoms with Crippen LogP contribution in [0.15, 0.2) is 96.3 Å². The average Bonchev–Trinajstić information content (AvgIpc) is 3.18. The Balaban J connectivity index is 1.62. The first-order valence-electron chi connectivity index (χ1n) is 8.82. The van der Waals surface area contributed by atoms with E-state index in [1.807, 2.05) is 71.4 Å². The molecular weight excluding hydrogens is 371 g/mol. The summed E-state index contributed by atoms with van der Waals surface area (Å²) < 4.78 is 15.1. The van der Waals surface area contributed by atoms with Crippen molar-refractivity contribution in [3.8, 4) is 16.9 Å². The number of thioether (sulfide) groups is 1. The Bertz CT molecular complexity index is 1080. The number of rotatable bonds is 6. The minimum atomic E-state index is -0.351. The SMILES string of the molecule is O=C(CSc1nc(-c2ccccc2)cn1-c1ccccc1)c1ccc(F)cc1. The molecule has 0 unspecified atom stereocenters. The van der Waals surface area contributed by atoms with Gasteiger partial charge in [0.05, 0.1) is 11.4 Å². The Morgan fingerprint density at radius 2 is 1.54 bits per heavy atom. The van der Waals surface area contributed by atoms with Crippen molar-refractivity contribution in [1.82, 2.24) is 9.55 Å². The van der Waals surface area contributed by atoms with E-state index in [1.165, 1.54) is 36.0 Å². The maximum absolute atomic E-state index is 13.1. The van der Waals surface area contributed by atoms with Crippen LogP contribution in [0.1, 0.15) is 10.4 Å². The summed E-state index contributed by atoms with van der Waals surface area (Å²) in [5.41, 5.74) is 3.34. The first-order valence-corrected chi connectivity index (χ1v) is 9.81. The van der Waals surface area contributed by atoms with Crippen molar-refractivity contribution in [3.63, 3.8) is 0 Å². The molecule has 0 radical (unpaired) electrons. The summed E-state index contributed by atoms with van der Waals surface area (Å²) in [6.45, 7) is 0. The van der Waals surface area contributed by atoms with Crippen LogP contribution in [0.4, 0.5) is 4.39 Å². The van der Waals surface area contributed by atoms with Crippen LogP contribution in [-0.4, -0.2) is 21.1 Å². The smallest absolute Gasteiger partial charge is 0.173 e. The Kier molecular flexibility index (Phi) is 5.35. The van der Waals surface area contributed by atoms with Crippen LogP contribution >= 0.6 is 11.8 Å². The molecule has 0 bridgehead atoms. The largest absolute Gasteiger partial charge is 0.294 e. The van der Waals surface area contributed by atoms with Gasteiger partial charge in [-0.15, -0.1) is 0 Å². The topological polar surface area (TPSA) is 34.9 Å². The van der Waals surface area contributed by atoms with Crippen LogP contribution < -0.4 is 0 Å². The predicted molar refractivity (Wildman–Crippen MR) is 110 cm³/mol. The van der Waals surface area contributed by atoms with Gasteiger partial charge in [-0.1, -0.05) is 60.3 Å². The van der Waals surface area contributed by atoms with Gasteiger partial charge in [-0.3, -0.25) is 9.36 Å². The van der Waals surface area contributed by atoms with Gasteiger partial charge in [0, 0.05) is 23.0 Å². The number of aromatic nitrogens is 2. The van der Waals surface area contributed by atoms with E-state index in [2.05, 4.69) is 0 Å². The third-order valence-electron chi connectivity index (χ3n) is 4.28. The predicted octanol–water partition coefficient (Wildman–Crippen LogP) is 5.65. The molecule has 1 aromatic heterocycles. The average molecular weight is 388 g/mol. The van der Waals surface area contributed by atoms with E-state index in [1.54, 1.807) is 0 Å². The monoisotopic (exact) mass is 388 g/mol. The molecule has 28 heavy (non-hydrogen) atoms. The van der Waals surface area contributed by atoms with Crippen LogP contribution in [0.3, 0.4) is 0 Å². The van der Waals surface area contributed by atoms with E-state index in [4.69, 9.17) is 4.98 Å². The van der Waals surface area contributed by atoms with Crippen molar-refractivity contribution in [3.05, 3.63) is 103 Å². The Morgan fingerprint density at radius 1 is 0.893 bits per heavy atom. The summed E-state index contributed by atoms with van der Waals surface area (Å²) in [5, 5.41) is 0.737. The molecule has 4 aromatic rings. The highest BCUT2D eigenvalue weighted by molar-refractivity contribution is 7.99. The maximum Gasteiger partial charge on any atom is 0.173 e. The summed E-state index contributed by atoms with van der Waals surface area (Å²) in [5.74, 6) is -0.186. The van der Waals surface area contributed by atoms with Gasteiger partial charge in [0.2, 0.25) is 0 Å². The molecule has 1 heterocycles. The van der Waals surface area contributed by atoms with E-state index in [9.17, 15) is 9.18 Å². The molecule has 3 nitrogen and oxygen atoms in total. The van der Waals surface area contributed by atoms with E-state index in [-0.39, 0.29) is 17.4 Å². The number of ketones is 1. The maximum atomic E-state index is 13.1. The number of para-hydroxylation sites is 1. The summed E-state index contributed by atoms with van der Waals surface area (Å²) in [6.07, 6.45) is 1.98. The van der Waals surface area contributed by atoms with Gasteiger partial charge in [0.15, 0.2) is 10.9 Å². The lowest BCUT2D eigenvalue weighted by Gasteiger charge is -2.07. The second-order valence-electron chi connectivity index (χ2n) is 6.20. The van der Waals surface area contributed by atoms with Crippen LogP contribution in [0.25, 0.3) is 16.9 Å². The third-order valence-corrected chi connectivity index (χ3v) is 5.23. The summed E-state index contributed by atoms with van der Waals surface area (Å²) in [6, 6.07) is 25.5. The quantitative estimate of drug-likeness (QED) is 0.316. The van der Waals surface area contributed by atoms with E-state index < -0.39 is 0 Å². The number of nitrogens with zero attached hydrogens (tertiary/aromatic N) is 2. The molecule has 0 aliphatic rings. The molecule has 0 atom stereocenters. The van der Waals surface area contributed by atoms with Crippen LogP contribution in [-0.2, 0) is 0 Å². The van der Waals surface area contributed by atoms with Crippen molar-refractivity contribution < 1.29 is 9.18 Å². The number of benzene rings is 3. The number of imidazole rings is 1. The number of Topliss-reactive ketones (excluding diaryl/α,β-unsaturated/α-hetero) is 1. The molecule has 0 saturated carbocycles. The van der Waals surface area contributed by atoms with Gasteiger partial charge in [-0.2, -0.15) is 0 Å². The fourth-order valence-electron chi connectivity index (χ4n) is 2.84. The van der Waals surface area contributed by atoms with Crippen molar-refractivity contribution in [1.29, 1.82) is 0 Å². The molecule has 4 rings (SSSR count). The molecule has 0 N–H and O–H groups in total. The lowest BCUT2D eigenvalue weighted by molar-refractivity contribution is 0.102. The molecule has 5 heteroatoms. The summed E-state index contributed by atoms with van der Waals surface area (Å²) in [4.78, 5) is 17.2. The fraction of sp³-hybridized carbons (Fsp3) is 0.0435. The van der Waals surface area contributed by atoms with Gasteiger partial charge < -0.3 is 0 Å². The normalized spacial score (nSPS) is 10.8. The first kappa shape index (κ1) is 18.2. The number of hydrogen-bond acceptors (Lipinski definition) is 3. The number of halogens is 1. The van der Waals surface area contributed by atoms with Gasteiger partial charge in [-0.05, 0) is 36.4 Å². The van der Waals surface area contributed by atoms with Gasteiger partial charge in [0.25, 0.3) is 0 Å². The fourth-order valence-corrected chi connectivity index (χ4v) is 3.72. The van der Waals surface area contributed by atoms with Crippen molar-refractivity contribution in [2.45, 2.75) is 5.16 Å². The molecule has 138 valence electrons. The van der Waals surface area contributed by atoms with Crippen LogP contribution in [0.2, 0.25) is 0 Å². The lowest BCUT2D eigenvalue weighted by atomic mass is 10.1. The highest BCUT2D eigenvalue weighted by Crippen LogP contribution is 2.27. The second-order valence-corrected chi connectivity index (χ2v) is 7.14. The molecule has 0 saturated heterocycles. The highest BCUT2D eigenvalue weighted by Gasteiger charge is 2.14. The highest BCUT2D eigenvalue weighted by atomic mass is 32.2. The van der Waals surface area contributed by atoms with Crippen molar-refractivity contribution in [2.24, 2.45) is 0 Å². The van der Waals surface area contributed by atoms with E-state index in [0.29, 0.717) is 5.56 Å². The van der Waals surface area contributed by atoms with E-state index >= 15 is 0 Å². The lowest BCUT2D eigenvalue weighted by Crippen LogP contribution is -2.04. The number of carbonyl (C=O) groups excluding carboxylic acids is 1. The summed E-state index contributed by atoms with van der Waals surface area (Å²) >= 11 is 1.37. The zero-order valence-electron chi connectivity index (χ0n) is 15.0. The Labute approximate surface area is 166 Å². The van der Waals surface area contributed by atoms with Crippen molar-refractivity contribution >= 4 is 17.5 Å². The minimum Gasteiger partial charge on any atom is -0.294 e. The molecule has 0 fully saturated rings. The molecule has 0 aliphatic heterocycles. The second kappa shape index (κ2) is 8.23. The van der Waals surface area contributed by atoms with Gasteiger partial charge >= 0.3 is 0 Å². The van der Waals surface area contributed by atoms with Crippen molar-refractivity contribution in [2.75, 3.05) is 5.75 Å². The minimum absolute atomic E-state index is 0.0612. The third kappa shape index (κ3) is 4.05. The molecule has 3 aromatic carbocycles. The van der Waals surface area contributed by atoms with E-state index in [0.717, 1.165) is 22.1 Å². The Morgan fingerprint density at radius 3 is 2.21 bits per heavy atom. The molecule has 0 amide bonds. The number of hydrogen-bond donors (Lipinski definition) is 0. The standard InChI is InChI=1S/C23H17FN2OS/c24-19-13-11-18(12-14-19)22(27)16-28-23-25-21(17-7-3-1-4-8-17)15-26(23)20-9-5-2-6-10-20/h1-15H,16H2. The zero-order chi connectivity index (χ0) is 19.3. The Hall–Kier alpha value is -3.18. The van der Waals surface area contributed by atoms with Crippen LogP contribution in [0.5, 0.6) is 0 Å².